The third-order valence-electron chi connectivity index (χ3n) is 5.98. The quantitative estimate of drug-likeness (QED) is 0.744. The normalized spacial score (nSPS) is 28.9. The van der Waals surface area contributed by atoms with Crippen molar-refractivity contribution in [2.75, 3.05) is 13.1 Å². The number of alkyl halides is 1. The highest BCUT2D eigenvalue weighted by molar-refractivity contribution is 6.05. The monoisotopic (exact) mass is 388 g/mol. The van der Waals surface area contributed by atoms with E-state index in [0.29, 0.717) is 31.5 Å². The van der Waals surface area contributed by atoms with E-state index in [1.165, 1.54) is 0 Å². The summed E-state index contributed by atoms with van der Waals surface area (Å²) >= 11 is 0. The van der Waals surface area contributed by atoms with Gasteiger partial charge in [0.1, 0.15) is 12.2 Å². The number of rotatable bonds is 3. The predicted molar refractivity (Wildman–Crippen MR) is 99.9 cm³/mol. The van der Waals surface area contributed by atoms with Crippen molar-refractivity contribution >= 4 is 17.7 Å². The van der Waals surface area contributed by atoms with Gasteiger partial charge in [0.2, 0.25) is 11.8 Å². The number of carbonyl (C=O) groups is 3. The van der Waals surface area contributed by atoms with Crippen LogP contribution in [0.5, 0.6) is 0 Å². The zero-order chi connectivity index (χ0) is 19.8. The Morgan fingerprint density at radius 1 is 1.21 bits per heavy atom. The number of carbonyl (C=O) groups excluding carboxylic acids is 3. The molecule has 3 heterocycles. The maximum atomic E-state index is 14.2. The van der Waals surface area contributed by atoms with E-state index in [4.69, 9.17) is 5.73 Å². The molecule has 0 aliphatic carbocycles. The minimum Gasteiger partial charge on any atom is -0.325 e. The predicted octanol–water partition coefficient (Wildman–Crippen LogP) is 0.709. The van der Waals surface area contributed by atoms with Crippen LogP contribution in [0.1, 0.15) is 47.2 Å². The van der Waals surface area contributed by atoms with Crippen molar-refractivity contribution in [3.05, 3.63) is 34.9 Å². The summed E-state index contributed by atoms with van der Waals surface area (Å²) in [4.78, 5) is 40.1. The number of amides is 3. The fourth-order valence-corrected chi connectivity index (χ4v) is 4.39. The lowest BCUT2D eigenvalue weighted by Gasteiger charge is -2.29. The SMILES string of the molecule is NC1CCCN(Cc2cccc3c2CN(C2CCC(=O)NC2=O)C3=O)CC1F. The lowest BCUT2D eigenvalue weighted by Crippen LogP contribution is -2.52. The summed E-state index contributed by atoms with van der Waals surface area (Å²) in [5.41, 5.74) is 8.30. The number of likely N-dealkylation sites (tertiary alicyclic amines) is 1. The summed E-state index contributed by atoms with van der Waals surface area (Å²) in [5.74, 6) is -0.903. The van der Waals surface area contributed by atoms with Crippen molar-refractivity contribution in [1.82, 2.24) is 15.1 Å². The lowest BCUT2D eigenvalue weighted by atomic mass is 10.0. The average Bonchev–Trinajstić information content (AvgIpc) is 2.90. The van der Waals surface area contributed by atoms with Gasteiger partial charge in [0.25, 0.3) is 5.91 Å². The summed E-state index contributed by atoms with van der Waals surface area (Å²) in [6.45, 7) is 1.94. The second-order valence-corrected chi connectivity index (χ2v) is 7.90. The van der Waals surface area contributed by atoms with Crippen molar-refractivity contribution in [2.45, 2.75) is 57.0 Å². The van der Waals surface area contributed by atoms with Gasteiger partial charge in [-0.15, -0.1) is 0 Å². The first-order valence-electron chi connectivity index (χ1n) is 9.81. The molecule has 0 bridgehead atoms. The molecule has 7 nitrogen and oxygen atoms in total. The van der Waals surface area contributed by atoms with E-state index in [1.54, 1.807) is 11.0 Å². The number of nitrogens with two attached hydrogens (primary N) is 1. The molecule has 1 aromatic carbocycles. The number of imide groups is 1. The van der Waals surface area contributed by atoms with Gasteiger partial charge in [-0.25, -0.2) is 4.39 Å². The lowest BCUT2D eigenvalue weighted by molar-refractivity contribution is -0.136. The molecular formula is C20H25FN4O3. The zero-order valence-corrected chi connectivity index (χ0v) is 15.7. The number of halogens is 1. The molecule has 3 atom stereocenters. The summed E-state index contributed by atoms with van der Waals surface area (Å²) in [5, 5.41) is 2.32. The van der Waals surface area contributed by atoms with Gasteiger partial charge in [0, 0.05) is 37.7 Å². The molecule has 4 rings (SSSR count). The van der Waals surface area contributed by atoms with E-state index in [-0.39, 0.29) is 24.8 Å². The Labute approximate surface area is 163 Å². The highest BCUT2D eigenvalue weighted by Gasteiger charge is 2.40. The van der Waals surface area contributed by atoms with Crippen LogP contribution in [0.3, 0.4) is 0 Å². The summed E-state index contributed by atoms with van der Waals surface area (Å²) < 4.78 is 14.2. The largest absolute Gasteiger partial charge is 0.325 e. The van der Waals surface area contributed by atoms with E-state index in [2.05, 4.69) is 5.32 Å². The van der Waals surface area contributed by atoms with Gasteiger partial charge in [-0.05, 0) is 43.0 Å². The molecule has 0 aromatic heterocycles. The molecule has 0 saturated carbocycles. The molecular weight excluding hydrogens is 363 g/mol. The Bertz CT molecular complexity index is 815. The molecule has 3 unspecified atom stereocenters. The van der Waals surface area contributed by atoms with Gasteiger partial charge in [-0.1, -0.05) is 12.1 Å². The van der Waals surface area contributed by atoms with Crippen LogP contribution < -0.4 is 11.1 Å². The molecule has 2 saturated heterocycles. The van der Waals surface area contributed by atoms with Crippen LogP contribution in [0.15, 0.2) is 18.2 Å². The highest BCUT2D eigenvalue weighted by atomic mass is 19.1. The second kappa shape index (κ2) is 7.60. The first-order chi connectivity index (χ1) is 13.4. The standard InChI is InChI=1S/C20H25FN4O3/c21-15-11-24(8-2-5-16(15)22)9-12-3-1-4-13-14(12)10-25(20(13)28)17-6-7-18(26)23-19(17)27/h1,3-4,15-17H,2,5-11,22H2,(H,23,26,27). The van der Waals surface area contributed by atoms with Crippen molar-refractivity contribution in [3.63, 3.8) is 0 Å². The third kappa shape index (κ3) is 3.54. The van der Waals surface area contributed by atoms with E-state index in [9.17, 15) is 18.8 Å². The Kier molecular flexibility index (Phi) is 5.16. The van der Waals surface area contributed by atoms with Crippen LogP contribution in [0.2, 0.25) is 0 Å². The first kappa shape index (κ1) is 19.0. The summed E-state index contributed by atoms with van der Waals surface area (Å²) in [7, 11) is 0. The van der Waals surface area contributed by atoms with Gasteiger partial charge < -0.3 is 10.6 Å². The van der Waals surface area contributed by atoms with Gasteiger partial charge in [0.05, 0.1) is 0 Å². The number of benzene rings is 1. The van der Waals surface area contributed by atoms with Crippen LogP contribution >= 0.6 is 0 Å². The third-order valence-corrected chi connectivity index (χ3v) is 5.98. The Balaban J connectivity index is 1.53. The molecule has 3 aliphatic rings. The fourth-order valence-electron chi connectivity index (χ4n) is 4.39. The van der Waals surface area contributed by atoms with Gasteiger partial charge in [0.15, 0.2) is 0 Å². The maximum absolute atomic E-state index is 14.2. The molecule has 3 amide bonds. The summed E-state index contributed by atoms with van der Waals surface area (Å²) in [6, 6.07) is 4.51. The van der Waals surface area contributed by atoms with Crippen LogP contribution in [-0.2, 0) is 22.7 Å². The van der Waals surface area contributed by atoms with Gasteiger partial charge in [-0.2, -0.15) is 0 Å². The van der Waals surface area contributed by atoms with Crippen LogP contribution in [0.4, 0.5) is 4.39 Å². The Hall–Kier alpha value is -2.32. The maximum Gasteiger partial charge on any atom is 0.255 e. The minimum absolute atomic E-state index is 0.187. The van der Waals surface area contributed by atoms with Crippen LogP contribution in [0, 0.1) is 0 Å². The van der Waals surface area contributed by atoms with Crippen molar-refractivity contribution in [2.24, 2.45) is 5.73 Å². The fraction of sp³-hybridized carbons (Fsp3) is 0.550. The number of fused-ring (bicyclic) bond motifs is 1. The smallest absolute Gasteiger partial charge is 0.255 e. The number of hydrogen-bond acceptors (Lipinski definition) is 5. The Morgan fingerprint density at radius 2 is 2.04 bits per heavy atom. The second-order valence-electron chi connectivity index (χ2n) is 7.90. The van der Waals surface area contributed by atoms with E-state index in [1.807, 2.05) is 17.0 Å². The van der Waals surface area contributed by atoms with Crippen molar-refractivity contribution in [3.8, 4) is 0 Å². The molecule has 3 aliphatic heterocycles. The number of nitrogens with one attached hydrogen (secondary N) is 1. The van der Waals surface area contributed by atoms with E-state index >= 15 is 0 Å². The van der Waals surface area contributed by atoms with Crippen molar-refractivity contribution < 1.29 is 18.8 Å². The molecule has 3 N–H and O–H groups in total. The molecule has 150 valence electrons. The first-order valence-corrected chi connectivity index (χ1v) is 9.81. The van der Waals surface area contributed by atoms with Crippen LogP contribution in [0.25, 0.3) is 0 Å². The Morgan fingerprint density at radius 3 is 2.82 bits per heavy atom. The summed E-state index contributed by atoms with van der Waals surface area (Å²) in [6.07, 6.45) is 1.04. The highest BCUT2D eigenvalue weighted by Crippen LogP contribution is 2.30. The molecule has 28 heavy (non-hydrogen) atoms. The molecule has 0 radical (unpaired) electrons. The number of nitrogens with zero attached hydrogens (tertiary/aromatic N) is 2. The molecule has 1 aromatic rings. The van der Waals surface area contributed by atoms with Crippen LogP contribution in [-0.4, -0.2) is 58.9 Å². The topological polar surface area (TPSA) is 95.7 Å². The minimum atomic E-state index is -1.05. The number of hydrogen-bond donors (Lipinski definition) is 2. The molecule has 0 spiro atoms. The van der Waals surface area contributed by atoms with E-state index < -0.39 is 24.2 Å². The molecule has 8 heteroatoms. The van der Waals surface area contributed by atoms with Gasteiger partial charge >= 0.3 is 0 Å². The average molecular weight is 388 g/mol. The van der Waals surface area contributed by atoms with E-state index in [0.717, 1.165) is 24.1 Å². The zero-order valence-electron chi connectivity index (χ0n) is 15.7. The van der Waals surface area contributed by atoms with Crippen molar-refractivity contribution in [1.29, 1.82) is 0 Å². The molecule has 2 fully saturated rings. The number of piperidine rings is 1. The van der Waals surface area contributed by atoms with Gasteiger partial charge in [-0.3, -0.25) is 24.6 Å².